The largest absolute Gasteiger partial charge is 0.485 e. The van der Waals surface area contributed by atoms with Crippen molar-refractivity contribution in [2.24, 2.45) is 4.99 Å². The van der Waals surface area contributed by atoms with Crippen molar-refractivity contribution in [1.29, 1.82) is 0 Å². The second-order valence-electron chi connectivity index (χ2n) is 7.57. The molecule has 3 aromatic carbocycles. The lowest BCUT2D eigenvalue weighted by Gasteiger charge is -2.14. The molecule has 5 nitrogen and oxygen atoms in total. The van der Waals surface area contributed by atoms with E-state index in [1.807, 2.05) is 96.4 Å². The van der Waals surface area contributed by atoms with Gasteiger partial charge in [0.1, 0.15) is 13.2 Å². The van der Waals surface area contributed by atoms with Gasteiger partial charge in [-0.25, -0.2) is 9.79 Å². The summed E-state index contributed by atoms with van der Waals surface area (Å²) in [7, 11) is 0. The maximum absolute atomic E-state index is 12.3. The quantitative estimate of drug-likeness (QED) is 0.227. The Morgan fingerprint density at radius 1 is 0.794 bits per heavy atom. The number of thiophene rings is 1. The Balaban J connectivity index is 1.40. The second kappa shape index (κ2) is 10.2. The molecular weight excluding hydrogens is 446 g/mol. The first-order valence-corrected chi connectivity index (χ1v) is 11.7. The molecule has 0 spiro atoms. The summed E-state index contributed by atoms with van der Waals surface area (Å²) in [6.45, 7) is 0.815. The second-order valence-corrected chi connectivity index (χ2v) is 8.52. The predicted molar refractivity (Wildman–Crippen MR) is 133 cm³/mol. The van der Waals surface area contributed by atoms with Crippen LogP contribution in [0.1, 0.15) is 21.6 Å². The fourth-order valence-electron chi connectivity index (χ4n) is 3.39. The minimum Gasteiger partial charge on any atom is -0.485 e. The summed E-state index contributed by atoms with van der Waals surface area (Å²) in [5, 5.41) is 1.91. The molecule has 6 heteroatoms. The molecule has 1 aliphatic heterocycles. The number of carbonyl (C=O) groups excluding carboxylic acids is 1. The van der Waals surface area contributed by atoms with E-state index < -0.39 is 5.97 Å². The Hall–Kier alpha value is -4.16. The standard InChI is InChI=1S/C28H21NO4S/c30-28-23(29-27(33-28)26-12-7-15-34-26)16-22-13-14-24(31-18-20-8-3-1-4-9-20)25(17-22)32-19-21-10-5-2-6-11-21/h1-17H,18-19H2/b23-16-. The van der Waals surface area contributed by atoms with E-state index in [0.717, 1.165) is 21.6 Å². The lowest BCUT2D eigenvalue weighted by molar-refractivity contribution is -0.129. The third-order valence-corrected chi connectivity index (χ3v) is 5.96. The van der Waals surface area contributed by atoms with Gasteiger partial charge in [0, 0.05) is 0 Å². The molecule has 34 heavy (non-hydrogen) atoms. The van der Waals surface area contributed by atoms with Gasteiger partial charge in [0.25, 0.3) is 0 Å². The summed E-state index contributed by atoms with van der Waals surface area (Å²) < 4.78 is 17.5. The van der Waals surface area contributed by atoms with Crippen LogP contribution < -0.4 is 9.47 Å². The zero-order valence-electron chi connectivity index (χ0n) is 18.2. The maximum atomic E-state index is 12.3. The van der Waals surface area contributed by atoms with E-state index in [-0.39, 0.29) is 5.70 Å². The summed E-state index contributed by atoms with van der Waals surface area (Å²) in [4.78, 5) is 17.5. The average molecular weight is 468 g/mol. The van der Waals surface area contributed by atoms with Gasteiger partial charge >= 0.3 is 5.97 Å². The van der Waals surface area contributed by atoms with Crippen molar-refractivity contribution in [2.45, 2.75) is 13.2 Å². The Morgan fingerprint density at radius 2 is 1.47 bits per heavy atom. The average Bonchev–Trinajstić information content (AvgIpc) is 3.54. The highest BCUT2D eigenvalue weighted by atomic mass is 32.1. The number of ether oxygens (including phenoxy) is 3. The Morgan fingerprint density at radius 3 is 2.12 bits per heavy atom. The molecule has 168 valence electrons. The highest BCUT2D eigenvalue weighted by molar-refractivity contribution is 7.12. The number of cyclic esters (lactones) is 1. The van der Waals surface area contributed by atoms with Gasteiger partial charge in [-0.2, -0.15) is 0 Å². The van der Waals surface area contributed by atoms with Crippen LogP contribution in [0.4, 0.5) is 0 Å². The highest BCUT2D eigenvalue weighted by Gasteiger charge is 2.24. The van der Waals surface area contributed by atoms with Crippen LogP contribution in [-0.4, -0.2) is 11.9 Å². The molecular formula is C28H21NO4S. The predicted octanol–water partition coefficient (Wildman–Crippen LogP) is 6.25. The molecule has 4 aromatic rings. The third kappa shape index (κ3) is 5.24. The van der Waals surface area contributed by atoms with Crippen molar-refractivity contribution < 1.29 is 19.0 Å². The summed E-state index contributed by atoms with van der Waals surface area (Å²) >= 11 is 1.47. The van der Waals surface area contributed by atoms with Crippen molar-refractivity contribution in [3.8, 4) is 11.5 Å². The highest BCUT2D eigenvalue weighted by Crippen LogP contribution is 2.32. The molecule has 5 rings (SSSR count). The van der Waals surface area contributed by atoms with Crippen LogP contribution in [0.5, 0.6) is 11.5 Å². The van der Waals surface area contributed by atoms with Crippen molar-refractivity contribution >= 4 is 29.3 Å². The molecule has 0 saturated carbocycles. The van der Waals surface area contributed by atoms with Crippen molar-refractivity contribution in [3.05, 3.63) is 124 Å². The third-order valence-electron chi connectivity index (χ3n) is 5.10. The van der Waals surface area contributed by atoms with Gasteiger partial charge in [-0.15, -0.1) is 11.3 Å². The Labute approximate surface area is 201 Å². The maximum Gasteiger partial charge on any atom is 0.363 e. The van der Waals surface area contributed by atoms with Crippen molar-refractivity contribution in [2.75, 3.05) is 0 Å². The first-order valence-electron chi connectivity index (χ1n) is 10.8. The van der Waals surface area contributed by atoms with E-state index in [4.69, 9.17) is 14.2 Å². The van der Waals surface area contributed by atoms with Gasteiger partial charge in [0.2, 0.25) is 5.90 Å². The van der Waals surface area contributed by atoms with Gasteiger partial charge in [-0.3, -0.25) is 0 Å². The van der Waals surface area contributed by atoms with Gasteiger partial charge in [0.05, 0.1) is 4.88 Å². The van der Waals surface area contributed by atoms with E-state index in [9.17, 15) is 4.79 Å². The van der Waals surface area contributed by atoms with Crippen LogP contribution in [-0.2, 0) is 22.7 Å². The van der Waals surface area contributed by atoms with Crippen LogP contribution >= 0.6 is 11.3 Å². The van der Waals surface area contributed by atoms with Gasteiger partial charge in [-0.1, -0.05) is 72.8 Å². The SMILES string of the molecule is O=C1OC(c2cccs2)=N/C1=C\c1ccc(OCc2ccccc2)c(OCc2ccccc2)c1. The normalized spacial score (nSPS) is 14.1. The lowest BCUT2D eigenvalue weighted by Crippen LogP contribution is -2.03. The summed E-state index contributed by atoms with van der Waals surface area (Å²) in [5.41, 5.74) is 3.12. The minimum atomic E-state index is -0.473. The molecule has 2 heterocycles. The number of aliphatic imine (C=N–C) groups is 1. The molecule has 0 N–H and O–H groups in total. The number of hydrogen-bond donors (Lipinski definition) is 0. The smallest absolute Gasteiger partial charge is 0.363 e. The molecule has 0 bridgehead atoms. The first-order chi connectivity index (χ1) is 16.7. The fourth-order valence-corrected chi connectivity index (χ4v) is 4.04. The van der Waals surface area contributed by atoms with Crippen molar-refractivity contribution in [3.63, 3.8) is 0 Å². The summed E-state index contributed by atoms with van der Waals surface area (Å²) in [6, 6.07) is 29.2. The fraction of sp³-hybridized carbons (Fsp3) is 0.0714. The zero-order chi connectivity index (χ0) is 23.2. The molecule has 0 unspecified atom stereocenters. The number of esters is 1. The van der Waals surface area contributed by atoms with E-state index in [1.54, 1.807) is 6.08 Å². The minimum absolute atomic E-state index is 0.246. The van der Waals surface area contributed by atoms with Gasteiger partial charge in [0.15, 0.2) is 17.2 Å². The van der Waals surface area contributed by atoms with Crippen LogP contribution in [0.15, 0.2) is 107 Å². The lowest BCUT2D eigenvalue weighted by atomic mass is 10.1. The number of hydrogen-bond acceptors (Lipinski definition) is 6. The zero-order valence-corrected chi connectivity index (χ0v) is 19.0. The van der Waals surface area contributed by atoms with Crippen LogP contribution in [0.25, 0.3) is 6.08 Å². The molecule has 1 aromatic heterocycles. The summed E-state index contributed by atoms with van der Waals surface area (Å²) in [5.74, 6) is 1.07. The van der Waals surface area contributed by atoms with Crippen molar-refractivity contribution in [1.82, 2.24) is 0 Å². The molecule has 1 aliphatic rings. The number of benzene rings is 3. The monoisotopic (exact) mass is 467 g/mol. The van der Waals surface area contributed by atoms with E-state index in [2.05, 4.69) is 4.99 Å². The first kappa shape index (κ1) is 21.7. The van der Waals surface area contributed by atoms with Crippen LogP contribution in [0.3, 0.4) is 0 Å². The van der Waals surface area contributed by atoms with Gasteiger partial charge in [-0.05, 0) is 46.3 Å². The van der Waals surface area contributed by atoms with Gasteiger partial charge < -0.3 is 14.2 Å². The van der Waals surface area contributed by atoms with E-state index in [0.29, 0.717) is 30.6 Å². The number of rotatable bonds is 8. The molecule has 0 fully saturated rings. The van der Waals surface area contributed by atoms with E-state index >= 15 is 0 Å². The number of nitrogens with zero attached hydrogens (tertiary/aromatic N) is 1. The molecule has 0 atom stereocenters. The van der Waals surface area contributed by atoms with E-state index in [1.165, 1.54) is 11.3 Å². The van der Waals surface area contributed by atoms with Crippen LogP contribution in [0, 0.1) is 0 Å². The molecule has 0 aliphatic carbocycles. The van der Waals surface area contributed by atoms with Crippen LogP contribution in [0.2, 0.25) is 0 Å². The summed E-state index contributed by atoms with van der Waals surface area (Å²) in [6.07, 6.45) is 1.69. The molecule has 0 amide bonds. The molecule has 0 radical (unpaired) electrons. The topological polar surface area (TPSA) is 57.1 Å². The molecule has 0 saturated heterocycles. The Kier molecular flexibility index (Phi) is 6.49. The number of carbonyl (C=O) groups is 1. The Bertz CT molecular complexity index is 1330.